The van der Waals surface area contributed by atoms with Gasteiger partial charge in [-0.1, -0.05) is 52.0 Å². The number of cyclic esters (lactones) is 1. The minimum Gasteiger partial charge on any atom is -0.508 e. The SMILES string of the molecule is CCn1c(-c2cnccc2COC)c2c3cc(ccc31)-c1cc(O)cc(c1)C[C@H](NC(=O)[C@H](C(C)C)N(C)C(=O)CN(C)C(=O)[C@@H]1N[C@@H]1c1ccc(OC)cc1)C(=O)N1CCC[C@H](N1)C(=O)OCC(C)(C)C2. The lowest BCUT2D eigenvalue weighted by molar-refractivity contribution is -0.155. The molecule has 0 spiro atoms. The number of hydrazine groups is 1. The average Bonchev–Trinajstić information content (AvgIpc) is 4.11. The number of pyridine rings is 1. The van der Waals surface area contributed by atoms with Gasteiger partial charge < -0.3 is 39.0 Å². The highest BCUT2D eigenvalue weighted by Crippen LogP contribution is 2.41. The van der Waals surface area contributed by atoms with Gasteiger partial charge in [0.1, 0.15) is 35.7 Å². The maximum atomic E-state index is 14.8. The van der Waals surface area contributed by atoms with Crippen molar-refractivity contribution in [3.8, 4) is 33.9 Å². The highest BCUT2D eigenvalue weighted by molar-refractivity contribution is 5.96. The van der Waals surface area contributed by atoms with Crippen LogP contribution in [-0.4, -0.2) is 131 Å². The fourth-order valence-electron chi connectivity index (χ4n) is 10.4. The van der Waals surface area contributed by atoms with Gasteiger partial charge in [-0.15, -0.1) is 0 Å². The summed E-state index contributed by atoms with van der Waals surface area (Å²) in [5.74, 6) is -2.03. The maximum Gasteiger partial charge on any atom is 0.324 e. The number of ether oxygens (including phenoxy) is 3. The van der Waals surface area contributed by atoms with Gasteiger partial charge in [-0.2, -0.15) is 0 Å². The van der Waals surface area contributed by atoms with Crippen LogP contribution in [0.25, 0.3) is 33.3 Å². The van der Waals surface area contributed by atoms with Crippen LogP contribution in [0.15, 0.2) is 79.1 Å². The van der Waals surface area contributed by atoms with E-state index >= 15 is 0 Å². The second kappa shape index (κ2) is 21.5. The first-order valence-corrected chi connectivity index (χ1v) is 24.8. The van der Waals surface area contributed by atoms with Crippen molar-refractivity contribution in [2.75, 3.05) is 48.0 Å². The van der Waals surface area contributed by atoms with Gasteiger partial charge in [0.25, 0.3) is 5.91 Å². The van der Waals surface area contributed by atoms with Gasteiger partial charge in [0.15, 0.2) is 0 Å². The summed E-state index contributed by atoms with van der Waals surface area (Å²) < 4.78 is 19.3. The van der Waals surface area contributed by atoms with Gasteiger partial charge in [0.2, 0.25) is 17.7 Å². The first-order chi connectivity index (χ1) is 34.4. The Balaban J connectivity index is 1.11. The van der Waals surface area contributed by atoms with E-state index in [0.717, 1.165) is 44.4 Å². The Bertz CT molecular complexity index is 2840. The molecule has 0 aliphatic carbocycles. The van der Waals surface area contributed by atoms with Crippen molar-refractivity contribution < 1.29 is 43.3 Å². The van der Waals surface area contributed by atoms with Crippen molar-refractivity contribution in [2.24, 2.45) is 11.3 Å². The van der Waals surface area contributed by atoms with Crippen LogP contribution >= 0.6 is 0 Å². The Morgan fingerprint density at radius 3 is 2.49 bits per heavy atom. The number of nitrogens with one attached hydrogen (secondary N) is 3. The molecule has 0 radical (unpaired) electrons. The van der Waals surface area contributed by atoms with E-state index in [0.29, 0.717) is 49.3 Å². The Morgan fingerprint density at radius 1 is 1.01 bits per heavy atom. The molecule has 0 saturated carbocycles. The molecule has 3 aromatic carbocycles. The van der Waals surface area contributed by atoms with Gasteiger partial charge in [-0.25, -0.2) is 5.43 Å². The minimum atomic E-state index is -1.20. The van der Waals surface area contributed by atoms with E-state index in [4.69, 9.17) is 14.2 Å². The molecule has 5 atom stereocenters. The van der Waals surface area contributed by atoms with Crippen LogP contribution in [0.2, 0.25) is 0 Å². The number of likely N-dealkylation sites (N-methyl/N-ethyl adjacent to an activating group) is 2. The first-order valence-electron chi connectivity index (χ1n) is 24.8. The average molecular weight is 985 g/mol. The summed E-state index contributed by atoms with van der Waals surface area (Å²) in [6.07, 6.45) is 5.05. The lowest BCUT2D eigenvalue weighted by Gasteiger charge is -2.37. The molecule has 17 nitrogen and oxygen atoms in total. The molecular formula is C55H68N8O9. The maximum absolute atomic E-state index is 14.8. The number of phenols is 1. The third-order valence-electron chi connectivity index (χ3n) is 14.1. The molecule has 17 heteroatoms. The van der Waals surface area contributed by atoms with Gasteiger partial charge >= 0.3 is 5.97 Å². The van der Waals surface area contributed by atoms with E-state index in [1.54, 1.807) is 39.6 Å². The van der Waals surface area contributed by atoms with E-state index in [2.05, 4.69) is 58.5 Å². The molecule has 2 fully saturated rings. The van der Waals surface area contributed by atoms with Crippen LogP contribution in [0.1, 0.15) is 75.8 Å². The fourth-order valence-corrected chi connectivity index (χ4v) is 10.4. The van der Waals surface area contributed by atoms with Crippen molar-refractivity contribution in [3.63, 3.8) is 0 Å². The number of rotatable bonds is 13. The number of methoxy groups -OCH3 is 2. The second-order valence-electron chi connectivity index (χ2n) is 20.5. The summed E-state index contributed by atoms with van der Waals surface area (Å²) in [6.45, 7) is 11.0. The third-order valence-corrected chi connectivity index (χ3v) is 14.1. The number of benzene rings is 3. The Labute approximate surface area is 421 Å². The van der Waals surface area contributed by atoms with Crippen LogP contribution in [0, 0.1) is 11.3 Å². The molecule has 382 valence electrons. The summed E-state index contributed by atoms with van der Waals surface area (Å²) >= 11 is 0. The Kier molecular flexibility index (Phi) is 15.4. The molecule has 3 aliphatic heterocycles. The van der Waals surface area contributed by atoms with E-state index in [1.807, 2.05) is 62.5 Å². The van der Waals surface area contributed by atoms with E-state index in [1.165, 1.54) is 21.9 Å². The summed E-state index contributed by atoms with van der Waals surface area (Å²) in [5.41, 5.74) is 10.5. The molecule has 3 aliphatic rings. The molecule has 2 aromatic heterocycles. The zero-order chi connectivity index (χ0) is 51.6. The number of hydrogen-bond donors (Lipinski definition) is 4. The number of hydrogen-bond acceptors (Lipinski definition) is 12. The van der Waals surface area contributed by atoms with Crippen LogP contribution in [-0.2, 0) is 59.4 Å². The van der Waals surface area contributed by atoms with Crippen molar-refractivity contribution in [3.05, 3.63) is 101 Å². The molecule has 8 rings (SSSR count). The Morgan fingerprint density at radius 2 is 1.78 bits per heavy atom. The number of amides is 4. The summed E-state index contributed by atoms with van der Waals surface area (Å²) in [7, 11) is 6.33. The molecule has 2 saturated heterocycles. The summed E-state index contributed by atoms with van der Waals surface area (Å²) in [6, 6.07) is 17.0. The molecule has 72 heavy (non-hydrogen) atoms. The predicted molar refractivity (Wildman–Crippen MR) is 272 cm³/mol. The van der Waals surface area contributed by atoms with Crippen molar-refractivity contribution >= 4 is 40.5 Å². The highest BCUT2D eigenvalue weighted by atomic mass is 16.5. The molecule has 0 unspecified atom stereocenters. The van der Waals surface area contributed by atoms with Gasteiger partial charge in [-0.05, 0) is 108 Å². The molecule has 4 amide bonds. The lowest BCUT2D eigenvalue weighted by atomic mass is 9.84. The normalized spacial score (nSPS) is 20.3. The zero-order valence-corrected chi connectivity index (χ0v) is 42.8. The number of aryl methyl sites for hydroxylation is 1. The topological polar surface area (TPSA) is 207 Å². The van der Waals surface area contributed by atoms with Crippen LogP contribution < -0.4 is 20.8 Å². The van der Waals surface area contributed by atoms with E-state index < -0.39 is 59.2 Å². The molecule has 4 N–H and O–H groups in total. The molecule has 5 aromatic rings. The van der Waals surface area contributed by atoms with Crippen LogP contribution in [0.3, 0.4) is 0 Å². The highest BCUT2D eigenvalue weighted by Gasteiger charge is 2.45. The number of phenolic OH excluding ortho intramolecular Hbond substituents is 1. The largest absolute Gasteiger partial charge is 0.508 e. The minimum absolute atomic E-state index is 0.0260. The third kappa shape index (κ3) is 11.0. The second-order valence-corrected chi connectivity index (χ2v) is 20.5. The number of carbonyl (C=O) groups excluding carboxylic acids is 5. The number of fused-ring (bicyclic) bond motifs is 6. The smallest absolute Gasteiger partial charge is 0.324 e. The molecular weight excluding hydrogens is 917 g/mol. The first kappa shape index (κ1) is 51.5. The predicted octanol–water partition coefficient (Wildman–Crippen LogP) is 5.55. The quantitative estimate of drug-likeness (QED) is 0.0847. The Hall–Kier alpha value is -6.82. The van der Waals surface area contributed by atoms with Crippen molar-refractivity contribution in [1.82, 2.24) is 40.4 Å². The summed E-state index contributed by atoms with van der Waals surface area (Å²) in [4.78, 5) is 78.0. The number of esters is 1. The van der Waals surface area contributed by atoms with Gasteiger partial charge in [0, 0.05) is 75.0 Å². The van der Waals surface area contributed by atoms with Crippen molar-refractivity contribution in [2.45, 2.75) is 104 Å². The van der Waals surface area contributed by atoms with Gasteiger partial charge in [-0.3, -0.25) is 39.3 Å². The van der Waals surface area contributed by atoms with Gasteiger partial charge in [0.05, 0.1) is 38.6 Å². The lowest BCUT2D eigenvalue weighted by Crippen LogP contribution is -2.62. The van der Waals surface area contributed by atoms with Crippen molar-refractivity contribution in [1.29, 1.82) is 0 Å². The fraction of sp³-hybridized carbons (Fsp3) is 0.455. The number of nitrogens with zero attached hydrogens (tertiary/aromatic N) is 5. The van der Waals surface area contributed by atoms with Crippen LogP contribution in [0.4, 0.5) is 0 Å². The summed E-state index contributed by atoms with van der Waals surface area (Å²) in [5, 5.41) is 19.9. The van der Waals surface area contributed by atoms with E-state index in [-0.39, 0.29) is 43.8 Å². The number of aromatic nitrogens is 2. The van der Waals surface area contributed by atoms with Crippen LogP contribution in [0.5, 0.6) is 11.5 Å². The molecule has 6 bridgehead atoms. The monoisotopic (exact) mass is 985 g/mol. The number of carbonyl (C=O) groups is 5. The zero-order valence-electron chi connectivity index (χ0n) is 42.8. The number of aromatic hydroxyl groups is 1. The van der Waals surface area contributed by atoms with E-state index in [9.17, 15) is 29.1 Å². The molecule has 5 heterocycles. The standard InChI is InChI=1S/C55H68N8O9/c1-10-62-45-18-15-35-26-40(45)41(50(62)42-28-56-20-19-36(42)30-70-8)27-55(4,5)31-72-54(69)43-12-11-21-63(59-43)52(67)44(24-33-22-37(35)25-38(64)23-33)57-51(66)49(32(2)3)61(7)46(65)29-60(6)53(68)48-47(58-48)34-13-16-39(71-9)17-14-34/h13-20,22-23,25-26,28,32,43-44,47-49,58-59,64H,10-12,21,24,27,29-31H2,1-9H3,(H,57,66)/t43-,44-,47+,48+,49-/m0/s1.